The molecule has 3 aliphatic rings. The molecule has 0 radical (unpaired) electrons. The van der Waals surface area contributed by atoms with E-state index < -0.39 is 0 Å². The lowest BCUT2D eigenvalue weighted by Gasteiger charge is -2.42. The van der Waals surface area contributed by atoms with Crippen molar-refractivity contribution in [1.82, 2.24) is 10.2 Å². The quantitative estimate of drug-likeness (QED) is 0.466. The van der Waals surface area contributed by atoms with Gasteiger partial charge in [-0.2, -0.15) is 0 Å². The Balaban J connectivity index is 1.30. The third-order valence-electron chi connectivity index (χ3n) is 8.67. The van der Waals surface area contributed by atoms with Gasteiger partial charge >= 0.3 is 0 Å². The van der Waals surface area contributed by atoms with E-state index in [1.807, 2.05) is 30.3 Å². The minimum Gasteiger partial charge on any atom is -0.377 e. The number of anilines is 1. The molecular formula is C32H35N3O2. The van der Waals surface area contributed by atoms with Crippen LogP contribution in [0.25, 0.3) is 0 Å². The molecule has 2 N–H and O–H groups in total. The van der Waals surface area contributed by atoms with Gasteiger partial charge in [0.05, 0.1) is 18.0 Å². The highest BCUT2D eigenvalue weighted by Gasteiger charge is 2.48. The van der Waals surface area contributed by atoms with Crippen LogP contribution in [-0.4, -0.2) is 29.3 Å². The Morgan fingerprint density at radius 1 is 0.865 bits per heavy atom. The number of hydrogen-bond donors (Lipinski definition) is 2. The summed E-state index contributed by atoms with van der Waals surface area (Å²) in [5.41, 5.74) is 5.51. The summed E-state index contributed by atoms with van der Waals surface area (Å²) in [4.78, 5) is 29.4. The van der Waals surface area contributed by atoms with Crippen LogP contribution in [0.5, 0.6) is 0 Å². The van der Waals surface area contributed by atoms with Crippen LogP contribution in [0.2, 0.25) is 0 Å². The number of carbonyl (C=O) groups is 2. The molecule has 3 aromatic rings. The van der Waals surface area contributed by atoms with E-state index in [4.69, 9.17) is 0 Å². The van der Waals surface area contributed by atoms with Gasteiger partial charge in [-0.3, -0.25) is 9.59 Å². The van der Waals surface area contributed by atoms with Crippen LogP contribution in [0, 0.1) is 18.8 Å². The molecule has 5 heteroatoms. The van der Waals surface area contributed by atoms with Gasteiger partial charge in [0.25, 0.3) is 5.91 Å². The van der Waals surface area contributed by atoms with Gasteiger partial charge in [0.2, 0.25) is 5.91 Å². The lowest BCUT2D eigenvalue weighted by atomic mass is 9.78. The fourth-order valence-corrected chi connectivity index (χ4v) is 6.85. The first kappa shape index (κ1) is 23.8. The lowest BCUT2D eigenvalue weighted by molar-refractivity contribution is -0.138. The van der Waals surface area contributed by atoms with Gasteiger partial charge in [-0.05, 0) is 55.0 Å². The van der Waals surface area contributed by atoms with E-state index in [2.05, 4.69) is 71.0 Å². The molecule has 5 nitrogen and oxygen atoms in total. The van der Waals surface area contributed by atoms with Crippen molar-refractivity contribution in [3.8, 4) is 0 Å². The lowest BCUT2D eigenvalue weighted by Crippen LogP contribution is -2.50. The van der Waals surface area contributed by atoms with Crippen molar-refractivity contribution in [2.24, 2.45) is 11.8 Å². The minimum atomic E-state index is -0.182. The third-order valence-corrected chi connectivity index (χ3v) is 8.67. The number of rotatable bonds is 4. The molecule has 2 heterocycles. The van der Waals surface area contributed by atoms with Crippen LogP contribution in [0.1, 0.15) is 71.2 Å². The first-order valence-corrected chi connectivity index (χ1v) is 13.7. The summed E-state index contributed by atoms with van der Waals surface area (Å²) in [6.07, 6.45) is 4.70. The second-order valence-corrected chi connectivity index (χ2v) is 10.8. The van der Waals surface area contributed by atoms with Gasteiger partial charge in [0.15, 0.2) is 0 Å². The second kappa shape index (κ2) is 10.0. The van der Waals surface area contributed by atoms with E-state index in [1.165, 1.54) is 16.7 Å². The standard InChI is InChI=1S/C32H35N3O2/c1-21-11-10-17-25-28(21)34-29(22-12-4-2-5-13-22)26-19-20-35(30(25)26)32(37)24-16-8-9-18-27(24)33-31(36)23-14-6-3-7-15-23/h2-7,10-15,17,24,26-27,29-30,34H,8-9,16,18-20H2,1H3,(H,33,36)/t24-,26?,27+,29?,30?/m0/s1. The maximum atomic E-state index is 14.3. The van der Waals surface area contributed by atoms with E-state index >= 15 is 0 Å². The molecule has 0 spiro atoms. The minimum absolute atomic E-state index is 0.0428. The van der Waals surface area contributed by atoms with E-state index in [0.717, 1.165) is 44.3 Å². The van der Waals surface area contributed by atoms with Crippen LogP contribution in [0.15, 0.2) is 78.9 Å². The number of hydrogen-bond acceptors (Lipinski definition) is 3. The zero-order valence-corrected chi connectivity index (χ0v) is 21.4. The molecule has 1 saturated heterocycles. The molecule has 6 rings (SSSR count). The van der Waals surface area contributed by atoms with Gasteiger partial charge in [-0.1, -0.05) is 79.6 Å². The predicted octanol–water partition coefficient (Wildman–Crippen LogP) is 6.04. The van der Waals surface area contributed by atoms with E-state index in [9.17, 15) is 9.59 Å². The monoisotopic (exact) mass is 493 g/mol. The number of aryl methyl sites for hydroxylation is 1. The second-order valence-electron chi connectivity index (χ2n) is 10.8. The predicted molar refractivity (Wildman–Crippen MR) is 146 cm³/mol. The van der Waals surface area contributed by atoms with E-state index in [1.54, 1.807) is 0 Å². The number of benzene rings is 3. The van der Waals surface area contributed by atoms with Crippen LogP contribution < -0.4 is 10.6 Å². The van der Waals surface area contributed by atoms with Crippen LogP contribution in [0.3, 0.4) is 0 Å². The molecule has 190 valence electrons. The van der Waals surface area contributed by atoms with Crippen LogP contribution >= 0.6 is 0 Å². The van der Waals surface area contributed by atoms with Crippen molar-refractivity contribution in [2.45, 2.75) is 57.2 Å². The number of amides is 2. The van der Waals surface area contributed by atoms with Crippen LogP contribution in [-0.2, 0) is 4.79 Å². The molecule has 1 aliphatic carbocycles. The van der Waals surface area contributed by atoms with Gasteiger partial charge < -0.3 is 15.5 Å². The van der Waals surface area contributed by atoms with Crippen molar-refractivity contribution >= 4 is 17.5 Å². The third kappa shape index (κ3) is 4.41. The van der Waals surface area contributed by atoms with Gasteiger partial charge in [0.1, 0.15) is 0 Å². The Bertz CT molecular complexity index is 1280. The average molecular weight is 494 g/mol. The fourth-order valence-electron chi connectivity index (χ4n) is 6.85. The Morgan fingerprint density at radius 3 is 2.38 bits per heavy atom. The van der Waals surface area contributed by atoms with Crippen molar-refractivity contribution in [3.05, 3.63) is 101 Å². The molecular weight excluding hydrogens is 458 g/mol. The number of carbonyl (C=O) groups excluding carboxylic acids is 2. The first-order chi connectivity index (χ1) is 18.1. The molecule has 3 unspecified atom stereocenters. The molecule has 3 aromatic carbocycles. The summed E-state index contributed by atoms with van der Waals surface area (Å²) >= 11 is 0. The summed E-state index contributed by atoms with van der Waals surface area (Å²) in [7, 11) is 0. The number of para-hydroxylation sites is 1. The summed E-state index contributed by atoms with van der Waals surface area (Å²) < 4.78 is 0. The van der Waals surface area contributed by atoms with Crippen molar-refractivity contribution in [1.29, 1.82) is 0 Å². The first-order valence-electron chi connectivity index (χ1n) is 13.7. The number of likely N-dealkylation sites (tertiary alicyclic amines) is 1. The topological polar surface area (TPSA) is 61.4 Å². The molecule has 5 atom stereocenters. The molecule has 0 bridgehead atoms. The molecule has 37 heavy (non-hydrogen) atoms. The van der Waals surface area contributed by atoms with Gasteiger partial charge in [-0.25, -0.2) is 0 Å². The zero-order chi connectivity index (χ0) is 25.4. The van der Waals surface area contributed by atoms with Gasteiger partial charge in [0, 0.05) is 29.8 Å². The maximum Gasteiger partial charge on any atom is 0.251 e. The Morgan fingerprint density at radius 2 is 1.59 bits per heavy atom. The summed E-state index contributed by atoms with van der Waals surface area (Å²) in [5.74, 6) is 0.239. The molecule has 0 aromatic heterocycles. The van der Waals surface area contributed by atoms with Crippen molar-refractivity contribution < 1.29 is 9.59 Å². The SMILES string of the molecule is Cc1cccc2c1NC(c1ccccc1)C1CCN(C(=O)[C@H]3CCCC[C@H]3NC(=O)c3ccccc3)C21. The number of nitrogens with one attached hydrogen (secondary N) is 2. The summed E-state index contributed by atoms with van der Waals surface area (Å²) in [6, 6.07) is 26.5. The zero-order valence-electron chi connectivity index (χ0n) is 21.4. The largest absolute Gasteiger partial charge is 0.377 e. The van der Waals surface area contributed by atoms with E-state index in [-0.39, 0.29) is 35.9 Å². The molecule has 2 fully saturated rings. The highest BCUT2D eigenvalue weighted by Crippen LogP contribution is 2.52. The molecule has 2 amide bonds. The highest BCUT2D eigenvalue weighted by atomic mass is 16.2. The number of nitrogens with zero attached hydrogens (tertiary/aromatic N) is 1. The highest BCUT2D eigenvalue weighted by molar-refractivity contribution is 5.95. The smallest absolute Gasteiger partial charge is 0.251 e. The fraction of sp³-hybridized carbons (Fsp3) is 0.375. The summed E-state index contributed by atoms with van der Waals surface area (Å²) in [5, 5.41) is 7.08. The maximum absolute atomic E-state index is 14.3. The van der Waals surface area contributed by atoms with Crippen LogP contribution in [0.4, 0.5) is 5.69 Å². The summed E-state index contributed by atoms with van der Waals surface area (Å²) in [6.45, 7) is 2.90. The van der Waals surface area contributed by atoms with Gasteiger partial charge in [-0.15, -0.1) is 0 Å². The van der Waals surface area contributed by atoms with Crippen molar-refractivity contribution in [2.75, 3.05) is 11.9 Å². The normalized spacial score (nSPS) is 26.5. The van der Waals surface area contributed by atoms with E-state index in [0.29, 0.717) is 11.5 Å². The average Bonchev–Trinajstić information content (AvgIpc) is 3.39. The Labute approximate surface area is 219 Å². The Hall–Kier alpha value is -3.60. The molecule has 2 aliphatic heterocycles. The molecule has 1 saturated carbocycles. The van der Waals surface area contributed by atoms with Crippen molar-refractivity contribution in [3.63, 3.8) is 0 Å². The number of fused-ring (bicyclic) bond motifs is 3. The Kier molecular flexibility index (Phi) is 6.45.